The SMILES string of the molecule is CC(C1CC1)n1nc(CCC(C)(C)C)nc1-c1n[nH]nc1Cl. The van der Waals surface area contributed by atoms with Crippen LogP contribution in [0.5, 0.6) is 0 Å². The van der Waals surface area contributed by atoms with Gasteiger partial charge in [-0.1, -0.05) is 32.4 Å². The molecule has 120 valence electrons. The van der Waals surface area contributed by atoms with Crippen molar-refractivity contribution < 1.29 is 0 Å². The maximum Gasteiger partial charge on any atom is 0.182 e. The first-order valence-corrected chi connectivity index (χ1v) is 8.25. The van der Waals surface area contributed by atoms with Crippen LogP contribution in [0, 0.1) is 11.3 Å². The number of nitrogens with one attached hydrogen (secondary N) is 1. The third-order valence-electron chi connectivity index (χ3n) is 4.18. The number of halogens is 1. The van der Waals surface area contributed by atoms with Crippen LogP contribution in [-0.2, 0) is 6.42 Å². The molecular weight excluding hydrogens is 300 g/mol. The van der Waals surface area contributed by atoms with E-state index in [0.29, 0.717) is 22.8 Å². The van der Waals surface area contributed by atoms with Crippen molar-refractivity contribution in [1.29, 1.82) is 0 Å². The summed E-state index contributed by atoms with van der Waals surface area (Å²) in [5.41, 5.74) is 0.850. The second-order valence-electron chi connectivity index (χ2n) is 7.40. The number of H-pyrrole nitrogens is 1. The molecule has 1 unspecified atom stereocenters. The molecule has 0 radical (unpaired) electrons. The summed E-state index contributed by atoms with van der Waals surface area (Å²) in [5.74, 6) is 2.26. The largest absolute Gasteiger partial charge is 0.241 e. The number of aromatic nitrogens is 6. The van der Waals surface area contributed by atoms with Crippen LogP contribution in [0.25, 0.3) is 11.5 Å². The number of hydrogen-bond donors (Lipinski definition) is 1. The molecule has 1 fully saturated rings. The van der Waals surface area contributed by atoms with Gasteiger partial charge in [-0.3, -0.25) is 0 Å². The van der Waals surface area contributed by atoms with Crippen LogP contribution in [0.1, 0.15) is 58.8 Å². The number of rotatable bonds is 5. The fraction of sp³-hybridized carbons (Fsp3) is 0.733. The van der Waals surface area contributed by atoms with Crippen LogP contribution in [0.15, 0.2) is 0 Å². The Hall–Kier alpha value is -1.43. The van der Waals surface area contributed by atoms with E-state index >= 15 is 0 Å². The third kappa shape index (κ3) is 3.32. The van der Waals surface area contributed by atoms with Crippen LogP contribution in [0.4, 0.5) is 0 Å². The minimum Gasteiger partial charge on any atom is -0.241 e. The van der Waals surface area contributed by atoms with Gasteiger partial charge in [0.25, 0.3) is 0 Å². The summed E-state index contributed by atoms with van der Waals surface area (Å²) in [7, 11) is 0. The Morgan fingerprint density at radius 3 is 2.59 bits per heavy atom. The molecule has 2 aromatic heterocycles. The highest BCUT2D eigenvalue weighted by molar-refractivity contribution is 6.31. The molecule has 2 aromatic rings. The Balaban J connectivity index is 1.92. The monoisotopic (exact) mass is 322 g/mol. The van der Waals surface area contributed by atoms with Crippen molar-refractivity contribution in [2.24, 2.45) is 11.3 Å². The quantitative estimate of drug-likeness (QED) is 0.911. The van der Waals surface area contributed by atoms with Gasteiger partial charge in [-0.2, -0.15) is 15.4 Å². The fourth-order valence-electron chi connectivity index (χ4n) is 2.54. The van der Waals surface area contributed by atoms with E-state index in [4.69, 9.17) is 21.7 Å². The zero-order valence-electron chi connectivity index (χ0n) is 13.6. The molecule has 6 nitrogen and oxygen atoms in total. The van der Waals surface area contributed by atoms with Gasteiger partial charge in [0.2, 0.25) is 0 Å². The Bertz CT molecular complexity index is 649. The van der Waals surface area contributed by atoms with Gasteiger partial charge in [0.05, 0.1) is 6.04 Å². The molecule has 1 aliphatic carbocycles. The normalized spacial score (nSPS) is 17.0. The number of aryl methyl sites for hydroxylation is 1. The van der Waals surface area contributed by atoms with Crippen LogP contribution >= 0.6 is 11.6 Å². The lowest BCUT2D eigenvalue weighted by molar-refractivity contribution is 0.372. The van der Waals surface area contributed by atoms with Crippen molar-refractivity contribution in [2.75, 3.05) is 0 Å². The van der Waals surface area contributed by atoms with E-state index < -0.39 is 0 Å². The number of nitrogens with zero attached hydrogens (tertiary/aromatic N) is 5. The van der Waals surface area contributed by atoms with Crippen LogP contribution in [0.3, 0.4) is 0 Å². The minimum atomic E-state index is 0.263. The molecule has 2 heterocycles. The molecule has 1 aliphatic rings. The van der Waals surface area contributed by atoms with Crippen molar-refractivity contribution in [2.45, 2.75) is 59.4 Å². The summed E-state index contributed by atoms with van der Waals surface area (Å²) in [6, 6.07) is 0.318. The van der Waals surface area contributed by atoms with Gasteiger partial charge in [0.1, 0.15) is 0 Å². The van der Waals surface area contributed by atoms with E-state index in [1.165, 1.54) is 12.8 Å². The number of aromatic amines is 1. The standard InChI is InChI=1S/C15H23ClN6/c1-9(10-5-6-10)22-14(12-13(16)19-21-18-12)17-11(20-22)7-8-15(2,3)4/h9-10H,5-8H2,1-4H3,(H,18,19,21). The molecule has 0 bridgehead atoms. The first kappa shape index (κ1) is 15.5. The lowest BCUT2D eigenvalue weighted by Gasteiger charge is -2.16. The lowest BCUT2D eigenvalue weighted by atomic mass is 9.90. The van der Waals surface area contributed by atoms with Crippen LogP contribution < -0.4 is 0 Å². The van der Waals surface area contributed by atoms with E-state index in [1.54, 1.807) is 0 Å². The first-order valence-electron chi connectivity index (χ1n) is 7.87. The van der Waals surface area contributed by atoms with Crippen LogP contribution in [0.2, 0.25) is 5.15 Å². The Morgan fingerprint density at radius 1 is 1.32 bits per heavy atom. The first-order chi connectivity index (χ1) is 10.3. The van der Waals surface area contributed by atoms with E-state index in [9.17, 15) is 0 Å². The predicted molar refractivity (Wildman–Crippen MR) is 85.6 cm³/mol. The Morgan fingerprint density at radius 2 is 2.05 bits per heavy atom. The number of hydrogen-bond acceptors (Lipinski definition) is 4. The molecule has 3 rings (SSSR count). The van der Waals surface area contributed by atoms with Crippen LogP contribution in [-0.4, -0.2) is 30.2 Å². The summed E-state index contributed by atoms with van der Waals surface area (Å²) in [4.78, 5) is 4.69. The average molecular weight is 323 g/mol. The molecule has 1 atom stereocenters. The van der Waals surface area contributed by atoms with Gasteiger partial charge >= 0.3 is 0 Å². The highest BCUT2D eigenvalue weighted by atomic mass is 35.5. The van der Waals surface area contributed by atoms with E-state index in [-0.39, 0.29) is 5.41 Å². The fourth-order valence-corrected chi connectivity index (χ4v) is 2.71. The van der Waals surface area contributed by atoms with E-state index in [1.807, 2.05) is 4.68 Å². The summed E-state index contributed by atoms with van der Waals surface area (Å²) in [6.07, 6.45) is 4.41. The molecule has 1 saturated carbocycles. The van der Waals surface area contributed by atoms with Gasteiger partial charge < -0.3 is 0 Å². The minimum absolute atomic E-state index is 0.263. The van der Waals surface area contributed by atoms with Crippen molar-refractivity contribution in [3.8, 4) is 11.5 Å². The molecule has 0 aromatic carbocycles. The Kier molecular flexibility index (Phi) is 3.97. The highest BCUT2D eigenvalue weighted by Crippen LogP contribution is 2.40. The molecular formula is C15H23ClN6. The van der Waals surface area contributed by atoms with E-state index in [2.05, 4.69) is 43.1 Å². The zero-order chi connectivity index (χ0) is 15.9. The van der Waals surface area contributed by atoms with Gasteiger partial charge in [0, 0.05) is 6.42 Å². The topological polar surface area (TPSA) is 72.3 Å². The summed E-state index contributed by atoms with van der Waals surface area (Å²) in [5, 5.41) is 15.7. The maximum absolute atomic E-state index is 6.12. The smallest absolute Gasteiger partial charge is 0.182 e. The molecule has 0 spiro atoms. The molecule has 7 heteroatoms. The van der Waals surface area contributed by atoms with Crippen molar-refractivity contribution >= 4 is 11.6 Å². The maximum atomic E-state index is 6.12. The molecule has 22 heavy (non-hydrogen) atoms. The Labute approximate surface area is 135 Å². The van der Waals surface area contributed by atoms with Crippen molar-refractivity contribution in [3.63, 3.8) is 0 Å². The third-order valence-corrected chi connectivity index (χ3v) is 4.44. The van der Waals surface area contributed by atoms with Gasteiger partial charge in [-0.15, -0.1) is 5.10 Å². The summed E-state index contributed by atoms with van der Waals surface area (Å²) < 4.78 is 1.99. The van der Waals surface area contributed by atoms with Gasteiger partial charge in [-0.25, -0.2) is 9.67 Å². The summed E-state index contributed by atoms with van der Waals surface area (Å²) >= 11 is 6.12. The van der Waals surface area contributed by atoms with E-state index in [0.717, 1.165) is 24.5 Å². The average Bonchev–Trinajstić information content (AvgIpc) is 3.07. The lowest BCUT2D eigenvalue weighted by Crippen LogP contribution is -2.11. The second-order valence-corrected chi connectivity index (χ2v) is 7.76. The second kappa shape index (κ2) is 5.65. The molecule has 0 saturated heterocycles. The van der Waals surface area contributed by atoms with Crippen molar-refractivity contribution in [3.05, 3.63) is 11.0 Å². The zero-order valence-corrected chi connectivity index (χ0v) is 14.4. The molecule has 0 amide bonds. The van der Waals surface area contributed by atoms with Gasteiger partial charge in [0.15, 0.2) is 22.5 Å². The molecule has 1 N–H and O–H groups in total. The van der Waals surface area contributed by atoms with Crippen molar-refractivity contribution in [1.82, 2.24) is 30.2 Å². The highest BCUT2D eigenvalue weighted by Gasteiger charge is 2.33. The molecule has 0 aliphatic heterocycles. The van der Waals surface area contributed by atoms with Gasteiger partial charge in [-0.05, 0) is 37.5 Å². The summed E-state index contributed by atoms with van der Waals surface area (Å²) in [6.45, 7) is 8.88. The predicted octanol–water partition coefficient (Wildman–Crippen LogP) is 3.67.